The summed E-state index contributed by atoms with van der Waals surface area (Å²) < 4.78 is 6.44. The van der Waals surface area contributed by atoms with Crippen molar-refractivity contribution < 1.29 is 9.66 Å². The molecule has 0 N–H and O–H groups in total. The van der Waals surface area contributed by atoms with Crippen LogP contribution in [0.5, 0.6) is 5.75 Å². The molecular weight excluding hydrogens is 286 g/mol. The first kappa shape index (κ1) is 15.4. The number of methoxy groups -OCH3 is 1. The van der Waals surface area contributed by atoms with Crippen LogP contribution >= 0.6 is 0 Å². The van der Waals surface area contributed by atoms with Gasteiger partial charge in [0.05, 0.1) is 23.4 Å². The van der Waals surface area contributed by atoms with Crippen LogP contribution in [0.3, 0.4) is 0 Å². The molecular formula is C14H15N5O3. The Labute approximate surface area is 127 Å². The molecule has 1 heterocycles. The van der Waals surface area contributed by atoms with Gasteiger partial charge in [0.15, 0.2) is 11.4 Å². The van der Waals surface area contributed by atoms with Gasteiger partial charge in [-0.2, -0.15) is 5.26 Å². The lowest BCUT2D eigenvalue weighted by Crippen LogP contribution is -2.07. The number of ether oxygens (including phenoxy) is 1. The van der Waals surface area contributed by atoms with Gasteiger partial charge in [-0.3, -0.25) is 10.1 Å². The quantitative estimate of drug-likeness (QED) is 0.619. The van der Waals surface area contributed by atoms with Crippen LogP contribution in [-0.2, 0) is 6.42 Å². The highest BCUT2D eigenvalue weighted by Gasteiger charge is 2.20. The Morgan fingerprint density at radius 3 is 2.77 bits per heavy atom. The van der Waals surface area contributed by atoms with Crippen LogP contribution in [0.25, 0.3) is 5.69 Å². The topological polar surface area (TPSA) is 107 Å². The highest BCUT2D eigenvalue weighted by atomic mass is 16.6. The fraction of sp³-hybridized carbons (Fsp3) is 0.357. The molecule has 0 saturated heterocycles. The van der Waals surface area contributed by atoms with Crippen molar-refractivity contribution >= 4 is 5.69 Å². The maximum atomic E-state index is 11.1. The number of benzene rings is 1. The SMILES string of the molecule is COc1ccc(-n2nnc(C#N)c2CC(C)C)cc1[N+](=O)[O-]. The van der Waals surface area contributed by atoms with Crippen molar-refractivity contribution in [2.45, 2.75) is 20.3 Å². The highest BCUT2D eigenvalue weighted by Crippen LogP contribution is 2.29. The molecule has 1 aromatic heterocycles. The first-order chi connectivity index (χ1) is 10.5. The molecule has 0 aliphatic rings. The molecule has 114 valence electrons. The Balaban J connectivity index is 2.57. The lowest BCUT2D eigenvalue weighted by molar-refractivity contribution is -0.385. The molecule has 0 amide bonds. The normalized spacial score (nSPS) is 10.5. The Bertz CT molecular complexity index is 745. The number of nitro groups is 1. The van der Waals surface area contributed by atoms with E-state index in [1.165, 1.54) is 23.9 Å². The minimum atomic E-state index is -0.521. The number of hydrogen-bond donors (Lipinski definition) is 0. The molecule has 8 heteroatoms. The molecule has 2 aromatic rings. The van der Waals surface area contributed by atoms with E-state index in [1.807, 2.05) is 19.9 Å². The second-order valence-electron chi connectivity index (χ2n) is 5.12. The zero-order chi connectivity index (χ0) is 16.3. The smallest absolute Gasteiger partial charge is 0.313 e. The molecule has 0 bridgehead atoms. The molecule has 22 heavy (non-hydrogen) atoms. The summed E-state index contributed by atoms with van der Waals surface area (Å²) >= 11 is 0. The standard InChI is InChI=1S/C14H15N5O3/c1-9(2)6-12-11(8-15)16-17-18(12)10-4-5-14(22-3)13(7-10)19(20)21/h4-5,7,9H,6H2,1-3H3. The lowest BCUT2D eigenvalue weighted by Gasteiger charge is -2.09. The van der Waals surface area contributed by atoms with E-state index in [0.717, 1.165) is 0 Å². The van der Waals surface area contributed by atoms with Crippen LogP contribution < -0.4 is 4.74 Å². The summed E-state index contributed by atoms with van der Waals surface area (Å²) in [5.41, 5.74) is 1.17. The Hall–Kier alpha value is -2.95. The van der Waals surface area contributed by atoms with E-state index in [-0.39, 0.29) is 23.0 Å². The second kappa shape index (κ2) is 6.22. The second-order valence-corrected chi connectivity index (χ2v) is 5.12. The summed E-state index contributed by atoms with van der Waals surface area (Å²) in [6, 6.07) is 6.50. The predicted molar refractivity (Wildman–Crippen MR) is 77.8 cm³/mol. The van der Waals surface area contributed by atoms with Crippen molar-refractivity contribution in [3.8, 4) is 17.5 Å². The van der Waals surface area contributed by atoms with E-state index in [1.54, 1.807) is 6.07 Å². The predicted octanol–water partition coefficient (Wildman–Crippen LogP) is 2.25. The molecule has 0 aliphatic heterocycles. The Kier molecular flexibility index (Phi) is 4.36. The third-order valence-electron chi connectivity index (χ3n) is 3.07. The van der Waals surface area contributed by atoms with Gasteiger partial charge in [-0.15, -0.1) is 5.10 Å². The summed E-state index contributed by atoms with van der Waals surface area (Å²) in [5, 5.41) is 28.0. The van der Waals surface area contributed by atoms with Gasteiger partial charge < -0.3 is 4.74 Å². The van der Waals surface area contributed by atoms with Crippen LogP contribution in [-0.4, -0.2) is 27.0 Å². The first-order valence-electron chi connectivity index (χ1n) is 6.65. The first-order valence-corrected chi connectivity index (χ1v) is 6.65. The molecule has 0 atom stereocenters. The van der Waals surface area contributed by atoms with Crippen molar-refractivity contribution in [1.82, 2.24) is 15.0 Å². The molecule has 0 unspecified atom stereocenters. The fourth-order valence-corrected chi connectivity index (χ4v) is 2.12. The molecule has 0 fully saturated rings. The van der Waals surface area contributed by atoms with Crippen molar-refractivity contribution in [1.29, 1.82) is 5.26 Å². The maximum absolute atomic E-state index is 11.1. The third kappa shape index (κ3) is 2.88. The number of aromatic nitrogens is 3. The number of nitriles is 1. The number of nitrogens with zero attached hydrogens (tertiary/aromatic N) is 5. The summed E-state index contributed by atoms with van der Waals surface area (Å²) in [4.78, 5) is 10.6. The van der Waals surface area contributed by atoms with Gasteiger partial charge in [0.2, 0.25) is 0 Å². The molecule has 0 radical (unpaired) electrons. The van der Waals surface area contributed by atoms with Crippen LogP contribution in [0.1, 0.15) is 25.2 Å². The number of rotatable bonds is 5. The average Bonchev–Trinajstić information content (AvgIpc) is 2.88. The lowest BCUT2D eigenvalue weighted by atomic mass is 10.1. The minimum Gasteiger partial charge on any atom is -0.490 e. The van der Waals surface area contributed by atoms with Gasteiger partial charge in [0.25, 0.3) is 0 Å². The molecule has 2 rings (SSSR count). The Morgan fingerprint density at radius 1 is 1.50 bits per heavy atom. The van der Waals surface area contributed by atoms with E-state index >= 15 is 0 Å². The van der Waals surface area contributed by atoms with Crippen molar-refractivity contribution in [2.75, 3.05) is 7.11 Å². The van der Waals surface area contributed by atoms with E-state index in [0.29, 0.717) is 17.8 Å². The van der Waals surface area contributed by atoms with E-state index in [2.05, 4.69) is 10.3 Å². The zero-order valence-electron chi connectivity index (χ0n) is 12.5. The fourth-order valence-electron chi connectivity index (χ4n) is 2.12. The molecule has 8 nitrogen and oxygen atoms in total. The molecule has 0 saturated carbocycles. The summed E-state index contributed by atoms with van der Waals surface area (Å²) in [7, 11) is 1.37. The summed E-state index contributed by atoms with van der Waals surface area (Å²) in [6.07, 6.45) is 0.593. The van der Waals surface area contributed by atoms with Crippen LogP contribution in [0.2, 0.25) is 0 Å². The Morgan fingerprint density at radius 2 is 2.23 bits per heavy atom. The van der Waals surface area contributed by atoms with Gasteiger partial charge >= 0.3 is 5.69 Å². The van der Waals surface area contributed by atoms with Gasteiger partial charge in [-0.25, -0.2) is 4.68 Å². The third-order valence-corrected chi connectivity index (χ3v) is 3.07. The summed E-state index contributed by atoms with van der Waals surface area (Å²) in [6.45, 7) is 4.02. The van der Waals surface area contributed by atoms with E-state index < -0.39 is 4.92 Å². The summed E-state index contributed by atoms with van der Waals surface area (Å²) in [5.74, 6) is 0.456. The van der Waals surface area contributed by atoms with E-state index in [4.69, 9.17) is 10.00 Å². The van der Waals surface area contributed by atoms with Crippen LogP contribution in [0, 0.1) is 27.4 Å². The highest BCUT2D eigenvalue weighted by molar-refractivity contribution is 5.54. The van der Waals surface area contributed by atoms with Gasteiger partial charge in [0.1, 0.15) is 6.07 Å². The van der Waals surface area contributed by atoms with E-state index in [9.17, 15) is 10.1 Å². The van der Waals surface area contributed by atoms with Crippen molar-refractivity contribution in [3.05, 3.63) is 39.7 Å². The number of nitro benzene ring substituents is 1. The van der Waals surface area contributed by atoms with Gasteiger partial charge in [0, 0.05) is 6.07 Å². The van der Waals surface area contributed by atoms with Crippen LogP contribution in [0.15, 0.2) is 18.2 Å². The minimum absolute atomic E-state index is 0.162. The van der Waals surface area contributed by atoms with Crippen LogP contribution in [0.4, 0.5) is 5.69 Å². The van der Waals surface area contributed by atoms with Crippen molar-refractivity contribution in [3.63, 3.8) is 0 Å². The van der Waals surface area contributed by atoms with Gasteiger partial charge in [-0.05, 0) is 24.5 Å². The monoisotopic (exact) mass is 301 g/mol. The largest absolute Gasteiger partial charge is 0.490 e. The molecule has 0 spiro atoms. The molecule has 0 aliphatic carbocycles. The van der Waals surface area contributed by atoms with Gasteiger partial charge in [-0.1, -0.05) is 19.1 Å². The van der Waals surface area contributed by atoms with Crippen molar-refractivity contribution in [2.24, 2.45) is 5.92 Å². The zero-order valence-corrected chi connectivity index (χ0v) is 12.5. The molecule has 1 aromatic carbocycles. The average molecular weight is 301 g/mol. The maximum Gasteiger partial charge on any atom is 0.313 e. The number of hydrogen-bond acceptors (Lipinski definition) is 6.